The first-order valence-electron chi connectivity index (χ1n) is 13.3. The van der Waals surface area contributed by atoms with Crippen molar-refractivity contribution >= 4 is 23.0 Å². The Balaban J connectivity index is 1.19. The number of nitrogens with zero attached hydrogens (tertiary/aromatic N) is 5. The Kier molecular flexibility index (Phi) is 7.81. The minimum atomic E-state index is -5.95. The molecule has 0 aliphatic carbocycles. The number of fused-ring (bicyclic) bond motifs is 1. The molecule has 0 spiro atoms. The summed E-state index contributed by atoms with van der Waals surface area (Å²) in [5, 5.41) is 10.5. The molecule has 2 aromatic carbocycles. The van der Waals surface area contributed by atoms with E-state index < -0.39 is 29.6 Å². The second-order valence-corrected chi connectivity index (χ2v) is 10.5. The number of aryl methyl sites for hydroxylation is 1. The lowest BCUT2D eigenvalue weighted by Crippen LogP contribution is -2.60. The number of nitrogens with one attached hydrogen (secondary N) is 1. The molecule has 0 radical (unpaired) electrons. The van der Waals surface area contributed by atoms with Crippen molar-refractivity contribution in [2.75, 3.05) is 39.3 Å². The van der Waals surface area contributed by atoms with Crippen LogP contribution in [0.3, 0.4) is 0 Å². The van der Waals surface area contributed by atoms with Crippen molar-refractivity contribution in [1.29, 1.82) is 0 Å². The number of likely N-dealkylation sites (tertiary alicyclic amines) is 1. The third-order valence-electron chi connectivity index (χ3n) is 7.90. The van der Waals surface area contributed by atoms with Crippen molar-refractivity contribution in [2.45, 2.75) is 43.8 Å². The van der Waals surface area contributed by atoms with Gasteiger partial charge in [0.05, 0.1) is 0 Å². The molecule has 0 saturated carbocycles. The van der Waals surface area contributed by atoms with E-state index in [0.29, 0.717) is 60.2 Å². The highest BCUT2D eigenvalue weighted by molar-refractivity contribution is 5.97. The zero-order valence-corrected chi connectivity index (χ0v) is 22.5. The zero-order valence-electron chi connectivity index (χ0n) is 22.5. The summed E-state index contributed by atoms with van der Waals surface area (Å²) >= 11 is 0. The number of carbonyl (C=O) groups is 2. The van der Waals surface area contributed by atoms with Crippen molar-refractivity contribution in [1.82, 2.24) is 30.1 Å². The number of piperidine rings is 1. The van der Waals surface area contributed by atoms with Crippen LogP contribution in [-0.2, 0) is 10.3 Å². The Morgan fingerprint density at radius 2 is 1.40 bits per heavy atom. The number of benzene rings is 2. The summed E-state index contributed by atoms with van der Waals surface area (Å²) in [6, 6.07) is 8.64. The van der Waals surface area contributed by atoms with Crippen molar-refractivity contribution in [3.05, 3.63) is 59.2 Å². The van der Waals surface area contributed by atoms with Crippen molar-refractivity contribution in [3.8, 4) is 0 Å². The van der Waals surface area contributed by atoms with Crippen molar-refractivity contribution < 1.29 is 40.7 Å². The van der Waals surface area contributed by atoms with Gasteiger partial charge in [0, 0.05) is 56.4 Å². The third-order valence-corrected chi connectivity index (χ3v) is 7.90. The molecular formula is C27H28F6N6O3. The zero-order chi connectivity index (χ0) is 30.3. The van der Waals surface area contributed by atoms with Gasteiger partial charge in [-0.25, -0.2) is 4.79 Å². The average molecular weight is 599 g/mol. The van der Waals surface area contributed by atoms with Crippen LogP contribution in [0.2, 0.25) is 0 Å². The number of amides is 2. The fourth-order valence-electron chi connectivity index (χ4n) is 5.51. The molecule has 3 aromatic rings. The van der Waals surface area contributed by atoms with Crippen LogP contribution in [0, 0.1) is 6.92 Å². The highest BCUT2D eigenvalue weighted by Crippen LogP contribution is 2.53. The quantitative estimate of drug-likeness (QED) is 0.440. The van der Waals surface area contributed by atoms with Crippen LogP contribution in [0.5, 0.6) is 0 Å². The molecule has 2 aliphatic heterocycles. The first-order valence-corrected chi connectivity index (χ1v) is 13.3. The van der Waals surface area contributed by atoms with Gasteiger partial charge < -0.3 is 14.5 Å². The van der Waals surface area contributed by atoms with Crippen molar-refractivity contribution in [2.24, 2.45) is 0 Å². The van der Waals surface area contributed by atoms with Crippen molar-refractivity contribution in [3.63, 3.8) is 0 Å². The van der Waals surface area contributed by atoms with Gasteiger partial charge in [0.15, 0.2) is 0 Å². The lowest BCUT2D eigenvalue weighted by Gasteiger charge is -2.43. The fraction of sp³-hybridized carbons (Fsp3) is 0.481. The van der Waals surface area contributed by atoms with E-state index in [1.165, 1.54) is 6.92 Å². The van der Waals surface area contributed by atoms with Crippen LogP contribution in [0.15, 0.2) is 42.5 Å². The van der Waals surface area contributed by atoms with Gasteiger partial charge >= 0.3 is 24.0 Å². The number of piperazine rings is 1. The van der Waals surface area contributed by atoms with Gasteiger partial charge in [0.2, 0.25) is 0 Å². The maximum Gasteiger partial charge on any atom is 0.442 e. The van der Waals surface area contributed by atoms with Crippen LogP contribution in [0.4, 0.5) is 31.1 Å². The lowest BCUT2D eigenvalue weighted by molar-refractivity contribution is -0.374. The Morgan fingerprint density at radius 1 is 0.810 bits per heavy atom. The number of hydrogen-bond acceptors (Lipinski definition) is 6. The van der Waals surface area contributed by atoms with Gasteiger partial charge in [-0.3, -0.25) is 9.69 Å². The van der Waals surface area contributed by atoms with Gasteiger partial charge in [-0.15, -0.1) is 0 Å². The van der Waals surface area contributed by atoms with Crippen LogP contribution in [0.25, 0.3) is 11.0 Å². The molecule has 2 aliphatic rings. The molecule has 5 rings (SSSR count). The lowest BCUT2D eigenvalue weighted by atomic mass is 9.91. The predicted molar refractivity (Wildman–Crippen MR) is 137 cm³/mol. The first kappa shape index (κ1) is 29.6. The predicted octanol–water partition coefficient (Wildman–Crippen LogP) is 4.65. The number of aromatic nitrogens is 3. The summed E-state index contributed by atoms with van der Waals surface area (Å²) < 4.78 is 88.9. The topological polar surface area (TPSA) is 94.7 Å². The summed E-state index contributed by atoms with van der Waals surface area (Å²) in [6.07, 6.45) is -12.3. The maximum atomic E-state index is 14.1. The van der Waals surface area contributed by atoms with Gasteiger partial charge in [0.25, 0.3) is 5.91 Å². The number of hydrogen-bond donors (Lipinski definition) is 1. The Hall–Kier alpha value is -3.88. The van der Waals surface area contributed by atoms with E-state index >= 15 is 0 Å². The summed E-state index contributed by atoms with van der Waals surface area (Å²) in [5.74, 6) is -0.141. The van der Waals surface area contributed by atoms with E-state index in [4.69, 9.17) is 0 Å². The number of carbonyl (C=O) groups excluding carboxylic acids is 2. The number of halogens is 6. The Bertz CT molecular complexity index is 1410. The molecule has 2 amide bonds. The van der Waals surface area contributed by atoms with Crippen LogP contribution >= 0.6 is 0 Å². The summed E-state index contributed by atoms with van der Waals surface area (Å²) in [6.45, 7) is 2.74. The smallest absolute Gasteiger partial charge is 0.418 e. The number of alkyl halides is 6. The Morgan fingerprint density at radius 3 is 2.00 bits per heavy atom. The Labute approximate surface area is 236 Å². The number of H-pyrrole nitrogens is 1. The molecule has 0 bridgehead atoms. The molecule has 2 saturated heterocycles. The monoisotopic (exact) mass is 598 g/mol. The van der Waals surface area contributed by atoms with E-state index in [2.05, 4.69) is 20.1 Å². The molecule has 226 valence electrons. The second kappa shape index (κ2) is 11.1. The maximum absolute atomic E-state index is 14.1. The van der Waals surface area contributed by atoms with E-state index in [0.717, 1.165) is 17.0 Å². The molecule has 1 aromatic heterocycles. The molecular weight excluding hydrogens is 570 g/mol. The summed E-state index contributed by atoms with van der Waals surface area (Å²) in [4.78, 5) is 30.4. The van der Waals surface area contributed by atoms with Crippen LogP contribution in [-0.4, -0.2) is 99.8 Å². The number of ether oxygens (including phenoxy) is 1. The first-order chi connectivity index (χ1) is 19.8. The van der Waals surface area contributed by atoms with E-state index in [1.54, 1.807) is 23.1 Å². The van der Waals surface area contributed by atoms with Gasteiger partial charge in [-0.1, -0.05) is 29.8 Å². The number of aromatic amines is 1. The molecule has 0 atom stereocenters. The molecule has 1 N–H and O–H groups in total. The fourth-order valence-corrected chi connectivity index (χ4v) is 5.51. The molecule has 0 unspecified atom stereocenters. The summed E-state index contributed by atoms with van der Waals surface area (Å²) in [7, 11) is 0. The minimum absolute atomic E-state index is 0.0437. The average Bonchev–Trinajstić information content (AvgIpc) is 3.43. The molecule has 2 fully saturated rings. The second-order valence-electron chi connectivity index (χ2n) is 10.5. The van der Waals surface area contributed by atoms with Crippen LogP contribution < -0.4 is 0 Å². The molecule has 42 heavy (non-hydrogen) atoms. The number of rotatable bonds is 4. The van der Waals surface area contributed by atoms with Gasteiger partial charge in [-0.2, -0.15) is 41.8 Å². The van der Waals surface area contributed by atoms with E-state index in [9.17, 15) is 35.9 Å². The normalized spacial score (nSPS) is 18.0. The third kappa shape index (κ3) is 5.49. The highest BCUT2D eigenvalue weighted by Gasteiger charge is 2.75. The standard InChI is InChI=1S/C27H28F6N6O3/c1-17-2-5-19(6-3-17)25(26(28,29)30,27(31,32)33)42-24(41)39-14-12-37(13-15-39)20-8-10-38(11-9-20)23(40)18-4-7-21-22(16-18)35-36-34-21/h2-7,16,20H,8-15H2,1H3,(H,34,35,36). The summed E-state index contributed by atoms with van der Waals surface area (Å²) in [5.41, 5.74) is -3.87. The highest BCUT2D eigenvalue weighted by atomic mass is 19.4. The molecule has 9 nitrogen and oxygen atoms in total. The molecule has 15 heteroatoms. The van der Waals surface area contributed by atoms with E-state index in [-0.39, 0.29) is 38.1 Å². The van der Waals surface area contributed by atoms with Gasteiger partial charge in [0.1, 0.15) is 11.0 Å². The SMILES string of the molecule is Cc1ccc(C(OC(=O)N2CCN(C3CCN(C(=O)c4ccc5n[nH]nc5c4)CC3)CC2)(C(F)(F)F)C(F)(F)F)cc1. The molecule has 3 heterocycles. The van der Waals surface area contributed by atoms with Crippen LogP contribution in [0.1, 0.15) is 34.3 Å². The largest absolute Gasteiger partial charge is 0.442 e. The van der Waals surface area contributed by atoms with Gasteiger partial charge in [-0.05, 0) is 38.0 Å². The van der Waals surface area contributed by atoms with E-state index in [1.807, 2.05) is 4.90 Å². The minimum Gasteiger partial charge on any atom is -0.418 e.